The van der Waals surface area contributed by atoms with Gasteiger partial charge in [0, 0.05) is 5.69 Å². The zero-order chi connectivity index (χ0) is 12.1. The Labute approximate surface area is 104 Å². The summed E-state index contributed by atoms with van der Waals surface area (Å²) in [4.78, 5) is 0. The minimum Gasteiger partial charge on any atom is -0.399 e. The van der Waals surface area contributed by atoms with Crippen molar-refractivity contribution >= 4 is 5.69 Å². The van der Waals surface area contributed by atoms with Crippen molar-refractivity contribution in [3.63, 3.8) is 0 Å². The van der Waals surface area contributed by atoms with E-state index >= 15 is 0 Å². The smallest absolute Gasteiger partial charge is 0.0314 e. The Balaban J connectivity index is 1.84. The average molecular weight is 232 g/mol. The van der Waals surface area contributed by atoms with E-state index in [-0.39, 0.29) is 0 Å². The molecule has 1 saturated carbocycles. The molecular formula is C15H24N2. The van der Waals surface area contributed by atoms with Gasteiger partial charge >= 0.3 is 0 Å². The lowest BCUT2D eigenvalue weighted by atomic mass is 9.77. The third-order valence-corrected chi connectivity index (χ3v) is 4.07. The molecule has 17 heavy (non-hydrogen) atoms. The van der Waals surface area contributed by atoms with Gasteiger partial charge in [0.2, 0.25) is 0 Å². The van der Waals surface area contributed by atoms with Gasteiger partial charge < -0.3 is 11.5 Å². The molecule has 0 unspecified atom stereocenters. The molecule has 0 spiro atoms. The van der Waals surface area contributed by atoms with E-state index in [1.165, 1.54) is 44.1 Å². The van der Waals surface area contributed by atoms with Gasteiger partial charge in [-0.05, 0) is 74.6 Å². The first kappa shape index (κ1) is 12.4. The first-order valence-corrected chi connectivity index (χ1v) is 6.85. The third-order valence-electron chi connectivity index (χ3n) is 4.07. The fourth-order valence-electron chi connectivity index (χ4n) is 2.96. The molecular weight excluding hydrogens is 208 g/mol. The average Bonchev–Trinajstić information content (AvgIpc) is 2.38. The number of benzene rings is 1. The van der Waals surface area contributed by atoms with Crippen LogP contribution < -0.4 is 11.5 Å². The van der Waals surface area contributed by atoms with Crippen LogP contribution in [0.2, 0.25) is 0 Å². The highest BCUT2D eigenvalue weighted by molar-refractivity contribution is 5.40. The first-order chi connectivity index (χ1) is 8.29. The summed E-state index contributed by atoms with van der Waals surface area (Å²) in [7, 11) is 0. The van der Waals surface area contributed by atoms with Crippen LogP contribution in [0.15, 0.2) is 24.3 Å². The molecule has 4 N–H and O–H groups in total. The van der Waals surface area contributed by atoms with Gasteiger partial charge in [-0.25, -0.2) is 0 Å². The normalized spacial score (nSPS) is 24.8. The van der Waals surface area contributed by atoms with Crippen molar-refractivity contribution in [3.05, 3.63) is 29.8 Å². The summed E-state index contributed by atoms with van der Waals surface area (Å²) in [5.74, 6) is 1.67. The van der Waals surface area contributed by atoms with Crippen LogP contribution in [-0.4, -0.2) is 6.54 Å². The summed E-state index contributed by atoms with van der Waals surface area (Å²) in [5, 5.41) is 0. The molecule has 2 heteroatoms. The Morgan fingerprint density at radius 1 is 1.00 bits per heavy atom. The molecule has 0 heterocycles. The molecule has 0 amide bonds. The van der Waals surface area contributed by atoms with E-state index in [4.69, 9.17) is 11.5 Å². The monoisotopic (exact) mass is 232 g/mol. The summed E-state index contributed by atoms with van der Waals surface area (Å²) < 4.78 is 0. The first-order valence-electron chi connectivity index (χ1n) is 6.85. The Morgan fingerprint density at radius 3 is 2.24 bits per heavy atom. The minimum absolute atomic E-state index is 0.754. The maximum absolute atomic E-state index is 5.72. The molecule has 0 aromatic heterocycles. The van der Waals surface area contributed by atoms with E-state index in [0.717, 1.165) is 24.1 Å². The predicted molar refractivity (Wildman–Crippen MR) is 73.8 cm³/mol. The van der Waals surface area contributed by atoms with Crippen molar-refractivity contribution in [1.29, 1.82) is 0 Å². The number of hydrogen-bond acceptors (Lipinski definition) is 2. The van der Waals surface area contributed by atoms with Crippen LogP contribution in [0.5, 0.6) is 0 Å². The molecule has 0 saturated heterocycles. The summed E-state index contributed by atoms with van der Waals surface area (Å²) >= 11 is 0. The molecule has 0 radical (unpaired) electrons. The summed E-state index contributed by atoms with van der Waals surface area (Å²) in [6.45, 7) is 0.845. The van der Waals surface area contributed by atoms with Crippen molar-refractivity contribution in [3.8, 4) is 0 Å². The van der Waals surface area contributed by atoms with Gasteiger partial charge in [-0.15, -0.1) is 0 Å². The SMILES string of the molecule is NCCCC1CCC(c2ccc(N)cc2)CC1. The summed E-state index contributed by atoms with van der Waals surface area (Å²) in [6.07, 6.45) is 7.92. The van der Waals surface area contributed by atoms with E-state index < -0.39 is 0 Å². The van der Waals surface area contributed by atoms with Crippen LogP contribution in [0, 0.1) is 5.92 Å². The largest absolute Gasteiger partial charge is 0.399 e. The highest BCUT2D eigenvalue weighted by Gasteiger charge is 2.21. The topological polar surface area (TPSA) is 52.0 Å². The fraction of sp³-hybridized carbons (Fsp3) is 0.600. The van der Waals surface area contributed by atoms with Gasteiger partial charge in [0.15, 0.2) is 0 Å². The van der Waals surface area contributed by atoms with Crippen LogP contribution in [0.4, 0.5) is 5.69 Å². The number of anilines is 1. The number of rotatable bonds is 4. The third kappa shape index (κ3) is 3.47. The van der Waals surface area contributed by atoms with Gasteiger partial charge in [-0.1, -0.05) is 12.1 Å². The van der Waals surface area contributed by atoms with Crippen LogP contribution >= 0.6 is 0 Å². The molecule has 1 aliphatic carbocycles. The predicted octanol–water partition coefficient (Wildman–Crippen LogP) is 3.28. The zero-order valence-electron chi connectivity index (χ0n) is 10.6. The molecule has 0 aliphatic heterocycles. The van der Waals surface area contributed by atoms with Crippen LogP contribution in [-0.2, 0) is 0 Å². The second-order valence-corrected chi connectivity index (χ2v) is 5.32. The molecule has 1 fully saturated rings. The van der Waals surface area contributed by atoms with Crippen molar-refractivity contribution in [2.24, 2.45) is 11.7 Å². The van der Waals surface area contributed by atoms with Crippen molar-refractivity contribution in [2.45, 2.75) is 44.4 Å². The van der Waals surface area contributed by atoms with Crippen LogP contribution in [0.25, 0.3) is 0 Å². The molecule has 1 aromatic rings. The summed E-state index contributed by atoms with van der Waals surface area (Å²) in [6, 6.07) is 8.44. The minimum atomic E-state index is 0.754. The molecule has 1 aromatic carbocycles. The summed E-state index contributed by atoms with van der Waals surface area (Å²) in [5.41, 5.74) is 13.6. The Morgan fingerprint density at radius 2 is 1.65 bits per heavy atom. The molecule has 2 rings (SSSR count). The van der Waals surface area contributed by atoms with Crippen molar-refractivity contribution < 1.29 is 0 Å². The zero-order valence-corrected chi connectivity index (χ0v) is 10.6. The molecule has 0 atom stereocenters. The fourth-order valence-corrected chi connectivity index (χ4v) is 2.96. The van der Waals surface area contributed by atoms with E-state index in [9.17, 15) is 0 Å². The lowest BCUT2D eigenvalue weighted by Crippen LogP contribution is -2.14. The number of hydrogen-bond donors (Lipinski definition) is 2. The van der Waals surface area contributed by atoms with Crippen LogP contribution in [0.1, 0.15) is 50.0 Å². The maximum Gasteiger partial charge on any atom is 0.0314 e. The number of nitrogen functional groups attached to an aromatic ring is 1. The quantitative estimate of drug-likeness (QED) is 0.783. The van der Waals surface area contributed by atoms with E-state index in [1.807, 2.05) is 12.1 Å². The molecule has 0 bridgehead atoms. The van der Waals surface area contributed by atoms with Gasteiger partial charge in [0.1, 0.15) is 0 Å². The molecule has 2 nitrogen and oxygen atoms in total. The second kappa shape index (κ2) is 6.06. The Hall–Kier alpha value is -1.02. The van der Waals surface area contributed by atoms with Gasteiger partial charge in [0.25, 0.3) is 0 Å². The number of nitrogens with two attached hydrogens (primary N) is 2. The van der Waals surface area contributed by atoms with Gasteiger partial charge in [-0.2, -0.15) is 0 Å². The van der Waals surface area contributed by atoms with Crippen molar-refractivity contribution in [1.82, 2.24) is 0 Å². The highest BCUT2D eigenvalue weighted by atomic mass is 14.5. The second-order valence-electron chi connectivity index (χ2n) is 5.32. The highest BCUT2D eigenvalue weighted by Crippen LogP contribution is 2.37. The maximum atomic E-state index is 5.72. The molecule has 1 aliphatic rings. The Bertz CT molecular complexity index is 323. The molecule has 94 valence electrons. The van der Waals surface area contributed by atoms with Gasteiger partial charge in [0.05, 0.1) is 0 Å². The lowest BCUT2D eigenvalue weighted by Gasteiger charge is -2.28. The van der Waals surface area contributed by atoms with E-state index in [0.29, 0.717) is 0 Å². The van der Waals surface area contributed by atoms with E-state index in [1.54, 1.807) is 0 Å². The Kier molecular flexibility index (Phi) is 4.43. The van der Waals surface area contributed by atoms with Crippen molar-refractivity contribution in [2.75, 3.05) is 12.3 Å². The van der Waals surface area contributed by atoms with E-state index in [2.05, 4.69) is 12.1 Å². The standard InChI is InChI=1S/C15H24N2/c16-11-1-2-12-3-5-13(6-4-12)14-7-9-15(17)10-8-14/h7-10,12-13H,1-6,11,16-17H2. The van der Waals surface area contributed by atoms with Gasteiger partial charge in [-0.3, -0.25) is 0 Å². The lowest BCUT2D eigenvalue weighted by molar-refractivity contribution is 0.306. The van der Waals surface area contributed by atoms with Crippen LogP contribution in [0.3, 0.4) is 0 Å².